The molecule has 0 aliphatic heterocycles. The van der Waals surface area contributed by atoms with Gasteiger partial charge in [-0.15, -0.1) is 0 Å². The van der Waals surface area contributed by atoms with E-state index in [9.17, 15) is 0 Å². The minimum Gasteiger partial charge on any atom is -0.208 e. The molecule has 0 N–H and O–H groups in total. The van der Waals surface area contributed by atoms with Crippen LogP contribution >= 0.6 is 0 Å². The van der Waals surface area contributed by atoms with Crippen molar-refractivity contribution in [3.8, 4) is 78.7 Å². The molecule has 8 aromatic rings. The van der Waals surface area contributed by atoms with Crippen molar-refractivity contribution in [2.24, 2.45) is 0 Å². The molecular weight excluding hydrogens is 655 g/mol. The molecule has 0 unspecified atom stereocenters. The van der Waals surface area contributed by atoms with Crippen molar-refractivity contribution in [3.63, 3.8) is 0 Å². The summed E-state index contributed by atoms with van der Waals surface area (Å²) in [6.07, 6.45) is 6.50. The zero-order chi connectivity index (χ0) is 35.9. The van der Waals surface area contributed by atoms with Gasteiger partial charge < -0.3 is 0 Å². The molecule has 10 rings (SSSR count). The maximum absolute atomic E-state index is 4.99. The van der Waals surface area contributed by atoms with Crippen LogP contribution in [0.3, 0.4) is 0 Å². The van der Waals surface area contributed by atoms with Gasteiger partial charge in [-0.05, 0) is 74.5 Å². The molecule has 1 fully saturated rings. The Kier molecular flexibility index (Phi) is 8.06. The molecule has 3 nitrogen and oxygen atoms in total. The highest BCUT2D eigenvalue weighted by Gasteiger charge is 2.43. The Labute approximate surface area is 317 Å². The molecular formula is C51H39N3. The van der Waals surface area contributed by atoms with E-state index in [0.29, 0.717) is 17.5 Å². The monoisotopic (exact) mass is 693 g/mol. The van der Waals surface area contributed by atoms with Gasteiger partial charge in [0.2, 0.25) is 0 Å². The van der Waals surface area contributed by atoms with Crippen LogP contribution in [0.1, 0.15) is 43.2 Å². The molecule has 0 amide bonds. The first kappa shape index (κ1) is 32.2. The third-order valence-electron chi connectivity index (χ3n) is 11.6. The zero-order valence-corrected chi connectivity index (χ0v) is 30.1. The number of rotatable bonds is 6. The number of hydrogen-bond acceptors (Lipinski definition) is 3. The van der Waals surface area contributed by atoms with Crippen LogP contribution in [0.15, 0.2) is 176 Å². The molecule has 1 saturated carbocycles. The Morgan fingerprint density at radius 3 is 1.20 bits per heavy atom. The molecule has 2 aliphatic carbocycles. The van der Waals surface area contributed by atoms with Gasteiger partial charge in [0, 0.05) is 22.1 Å². The van der Waals surface area contributed by atoms with Crippen LogP contribution < -0.4 is 0 Å². The molecule has 258 valence electrons. The molecule has 1 heterocycles. The summed E-state index contributed by atoms with van der Waals surface area (Å²) in [6, 6.07) is 62.9. The van der Waals surface area contributed by atoms with Crippen molar-refractivity contribution in [1.29, 1.82) is 0 Å². The summed E-state index contributed by atoms with van der Waals surface area (Å²) in [5.74, 6) is 1.97. The summed E-state index contributed by atoms with van der Waals surface area (Å²) >= 11 is 0. The maximum atomic E-state index is 4.99. The molecule has 7 aromatic carbocycles. The Bertz CT molecular complexity index is 2590. The fourth-order valence-corrected chi connectivity index (χ4v) is 8.80. The maximum Gasteiger partial charge on any atom is 0.164 e. The van der Waals surface area contributed by atoms with Gasteiger partial charge in [-0.3, -0.25) is 0 Å². The highest BCUT2D eigenvalue weighted by molar-refractivity contribution is 5.85. The number of benzene rings is 7. The van der Waals surface area contributed by atoms with Crippen LogP contribution in [0.2, 0.25) is 0 Å². The fourth-order valence-electron chi connectivity index (χ4n) is 8.80. The number of fused-ring (bicyclic) bond motifs is 5. The Hall–Kier alpha value is -6.45. The molecule has 0 saturated heterocycles. The van der Waals surface area contributed by atoms with Crippen molar-refractivity contribution in [3.05, 3.63) is 187 Å². The summed E-state index contributed by atoms with van der Waals surface area (Å²) in [7, 11) is 0. The van der Waals surface area contributed by atoms with Crippen LogP contribution in [0.5, 0.6) is 0 Å². The first-order valence-corrected chi connectivity index (χ1v) is 19.1. The largest absolute Gasteiger partial charge is 0.208 e. The van der Waals surface area contributed by atoms with Crippen LogP contribution in [0.4, 0.5) is 0 Å². The normalized spacial score (nSPS) is 14.1. The van der Waals surface area contributed by atoms with E-state index in [1.54, 1.807) is 0 Å². The predicted molar refractivity (Wildman–Crippen MR) is 222 cm³/mol. The lowest BCUT2D eigenvalue weighted by molar-refractivity contribution is 0.353. The van der Waals surface area contributed by atoms with E-state index in [2.05, 4.69) is 140 Å². The van der Waals surface area contributed by atoms with Crippen molar-refractivity contribution in [1.82, 2.24) is 15.0 Å². The standard InChI is InChI=1S/C51H39N3/c1-4-12-35(13-5-1)36-22-26-41(27-23-36)49-52-48(40-14-6-2-7-15-40)53-50(54-49)42-28-24-38(25-29-42)37-18-20-39(21-19-37)43-30-31-47-45(34-43)44-16-8-9-17-46(44)51(47)32-10-3-11-33-51/h1-2,4-9,12-31,34H,3,10-11,32-33H2. The highest BCUT2D eigenvalue weighted by Crippen LogP contribution is 2.56. The first-order valence-electron chi connectivity index (χ1n) is 19.1. The lowest BCUT2D eigenvalue weighted by atomic mass is 9.68. The van der Waals surface area contributed by atoms with E-state index in [-0.39, 0.29) is 5.41 Å². The van der Waals surface area contributed by atoms with E-state index in [0.717, 1.165) is 27.8 Å². The van der Waals surface area contributed by atoms with Crippen molar-refractivity contribution in [2.75, 3.05) is 0 Å². The van der Waals surface area contributed by atoms with Crippen LogP contribution in [-0.2, 0) is 5.41 Å². The second-order valence-electron chi connectivity index (χ2n) is 14.7. The van der Waals surface area contributed by atoms with Gasteiger partial charge >= 0.3 is 0 Å². The van der Waals surface area contributed by atoms with Crippen molar-refractivity contribution < 1.29 is 0 Å². The molecule has 2 aliphatic rings. The van der Waals surface area contributed by atoms with E-state index < -0.39 is 0 Å². The zero-order valence-electron chi connectivity index (χ0n) is 30.1. The minimum atomic E-state index is 0.193. The number of aromatic nitrogens is 3. The Balaban J connectivity index is 0.939. The third-order valence-corrected chi connectivity index (χ3v) is 11.6. The van der Waals surface area contributed by atoms with Crippen LogP contribution in [0, 0.1) is 0 Å². The van der Waals surface area contributed by atoms with E-state index in [1.165, 1.54) is 76.6 Å². The van der Waals surface area contributed by atoms with E-state index in [4.69, 9.17) is 15.0 Å². The van der Waals surface area contributed by atoms with Gasteiger partial charge in [0.25, 0.3) is 0 Å². The highest BCUT2D eigenvalue weighted by atomic mass is 15.0. The van der Waals surface area contributed by atoms with E-state index >= 15 is 0 Å². The predicted octanol–water partition coefficient (Wildman–Crippen LogP) is 13.1. The van der Waals surface area contributed by atoms with Gasteiger partial charge in [0.05, 0.1) is 0 Å². The molecule has 1 spiro atoms. The average Bonchev–Trinajstić information content (AvgIpc) is 3.52. The Morgan fingerprint density at radius 2 is 0.667 bits per heavy atom. The van der Waals surface area contributed by atoms with Gasteiger partial charge in [0.15, 0.2) is 17.5 Å². The lowest BCUT2D eigenvalue weighted by Gasteiger charge is -2.36. The van der Waals surface area contributed by atoms with Crippen LogP contribution in [0.25, 0.3) is 78.7 Å². The number of nitrogens with zero attached hydrogens (tertiary/aromatic N) is 3. The molecule has 0 radical (unpaired) electrons. The smallest absolute Gasteiger partial charge is 0.164 e. The summed E-state index contributed by atoms with van der Waals surface area (Å²) in [5, 5.41) is 0. The molecule has 54 heavy (non-hydrogen) atoms. The topological polar surface area (TPSA) is 38.7 Å². The molecule has 0 bridgehead atoms. The number of hydrogen-bond donors (Lipinski definition) is 0. The second kappa shape index (κ2) is 13.5. The minimum absolute atomic E-state index is 0.193. The summed E-state index contributed by atoms with van der Waals surface area (Å²) in [4.78, 5) is 14.9. The van der Waals surface area contributed by atoms with Gasteiger partial charge in [-0.2, -0.15) is 0 Å². The Morgan fingerprint density at radius 1 is 0.296 bits per heavy atom. The second-order valence-corrected chi connectivity index (χ2v) is 14.7. The quantitative estimate of drug-likeness (QED) is 0.174. The average molecular weight is 694 g/mol. The lowest BCUT2D eigenvalue weighted by Crippen LogP contribution is -2.27. The fraction of sp³-hybridized carbons (Fsp3) is 0.118. The van der Waals surface area contributed by atoms with Gasteiger partial charge in [0.1, 0.15) is 0 Å². The summed E-state index contributed by atoms with van der Waals surface area (Å²) in [6.45, 7) is 0. The first-order chi connectivity index (χ1) is 26.7. The van der Waals surface area contributed by atoms with Gasteiger partial charge in [-0.25, -0.2) is 15.0 Å². The molecule has 0 atom stereocenters. The summed E-state index contributed by atoms with van der Waals surface area (Å²) in [5.41, 5.74) is 16.2. The van der Waals surface area contributed by atoms with Gasteiger partial charge in [-0.1, -0.05) is 189 Å². The van der Waals surface area contributed by atoms with Crippen molar-refractivity contribution >= 4 is 0 Å². The third kappa shape index (κ3) is 5.74. The van der Waals surface area contributed by atoms with Crippen molar-refractivity contribution in [2.45, 2.75) is 37.5 Å². The molecule has 3 heteroatoms. The SMILES string of the molecule is c1ccc(-c2ccc(-c3nc(-c4ccccc4)nc(-c4ccc(-c5ccc(-c6ccc7c(c6)-c6ccccc6C76CCCCC6)cc5)cc4)n3)cc2)cc1. The molecule has 1 aromatic heterocycles. The summed E-state index contributed by atoms with van der Waals surface area (Å²) < 4.78 is 0. The van der Waals surface area contributed by atoms with E-state index in [1.807, 2.05) is 36.4 Å². The van der Waals surface area contributed by atoms with Crippen LogP contribution in [-0.4, -0.2) is 15.0 Å².